The summed E-state index contributed by atoms with van der Waals surface area (Å²) in [7, 11) is -3.06. The summed E-state index contributed by atoms with van der Waals surface area (Å²) in [5, 5.41) is 2.92. The largest absolute Gasteiger partial charge is 0.308 e. The van der Waals surface area contributed by atoms with Gasteiger partial charge in [-0.15, -0.1) is 11.3 Å². The van der Waals surface area contributed by atoms with Crippen LogP contribution in [0.15, 0.2) is 9.85 Å². The highest BCUT2D eigenvalue weighted by molar-refractivity contribution is 9.11. The van der Waals surface area contributed by atoms with E-state index in [4.69, 9.17) is 0 Å². The molecule has 6 heteroatoms. The van der Waals surface area contributed by atoms with E-state index in [1.54, 1.807) is 18.3 Å². The van der Waals surface area contributed by atoms with Gasteiger partial charge in [0.2, 0.25) is 0 Å². The van der Waals surface area contributed by atoms with E-state index in [-0.39, 0.29) is 6.04 Å². The fraction of sp³-hybridized carbons (Fsp3) is 0.667. The van der Waals surface area contributed by atoms with Crippen molar-refractivity contribution in [2.45, 2.75) is 38.5 Å². The van der Waals surface area contributed by atoms with Gasteiger partial charge in [0.05, 0.1) is 15.1 Å². The number of sulfone groups is 1. The average molecular weight is 354 g/mol. The van der Waals surface area contributed by atoms with Gasteiger partial charge in [-0.25, -0.2) is 8.42 Å². The molecule has 0 aliphatic carbocycles. The van der Waals surface area contributed by atoms with Crippen molar-refractivity contribution in [1.82, 2.24) is 5.32 Å². The van der Waals surface area contributed by atoms with Gasteiger partial charge in [0.15, 0.2) is 9.84 Å². The Labute approximate surface area is 122 Å². The second kappa shape index (κ2) is 6.50. The minimum Gasteiger partial charge on any atom is -0.308 e. The SMILES string of the molecule is CCCNC(c1cc(C)c(Br)s1)C(C)S(C)(=O)=O. The third kappa shape index (κ3) is 4.05. The molecule has 1 rings (SSSR count). The summed E-state index contributed by atoms with van der Waals surface area (Å²) in [6, 6.07) is 1.93. The third-order valence-corrected chi connectivity index (χ3v) is 6.78. The first kappa shape index (κ1) is 16.1. The molecule has 0 aliphatic rings. The molecule has 0 bridgehead atoms. The van der Waals surface area contributed by atoms with Crippen molar-refractivity contribution in [2.75, 3.05) is 12.8 Å². The van der Waals surface area contributed by atoms with E-state index >= 15 is 0 Å². The van der Waals surface area contributed by atoms with Crippen molar-refractivity contribution in [1.29, 1.82) is 0 Å². The Morgan fingerprint density at radius 2 is 2.11 bits per heavy atom. The summed E-state index contributed by atoms with van der Waals surface area (Å²) < 4.78 is 24.6. The van der Waals surface area contributed by atoms with Gasteiger partial charge in [0, 0.05) is 11.1 Å². The van der Waals surface area contributed by atoms with Gasteiger partial charge in [0.1, 0.15) is 0 Å². The number of thiophene rings is 1. The van der Waals surface area contributed by atoms with Crippen molar-refractivity contribution >= 4 is 37.1 Å². The molecule has 0 saturated carbocycles. The Balaban J connectivity index is 3.05. The molecule has 1 aromatic rings. The summed E-state index contributed by atoms with van der Waals surface area (Å²) in [5.74, 6) is 0. The molecular formula is C12H20BrNO2S2. The van der Waals surface area contributed by atoms with Crippen LogP contribution in [-0.4, -0.2) is 26.5 Å². The molecular weight excluding hydrogens is 334 g/mol. The van der Waals surface area contributed by atoms with Gasteiger partial charge in [-0.2, -0.15) is 0 Å². The van der Waals surface area contributed by atoms with Crippen LogP contribution >= 0.6 is 27.3 Å². The molecule has 0 aromatic carbocycles. The first-order valence-electron chi connectivity index (χ1n) is 5.95. The molecule has 104 valence electrons. The molecule has 1 N–H and O–H groups in total. The predicted molar refractivity (Wildman–Crippen MR) is 82.1 cm³/mol. The van der Waals surface area contributed by atoms with Crippen LogP contribution in [0.25, 0.3) is 0 Å². The zero-order valence-corrected chi connectivity index (χ0v) is 14.4. The van der Waals surface area contributed by atoms with Gasteiger partial charge >= 0.3 is 0 Å². The molecule has 1 aromatic heterocycles. The Morgan fingerprint density at radius 3 is 2.50 bits per heavy atom. The number of aryl methyl sites for hydroxylation is 1. The summed E-state index contributed by atoms with van der Waals surface area (Å²) in [6.07, 6.45) is 2.28. The zero-order valence-electron chi connectivity index (χ0n) is 11.2. The molecule has 0 aliphatic heterocycles. The fourth-order valence-electron chi connectivity index (χ4n) is 1.68. The van der Waals surface area contributed by atoms with Crippen molar-refractivity contribution in [3.8, 4) is 0 Å². The Hall–Kier alpha value is 0.0900. The third-order valence-electron chi connectivity index (χ3n) is 2.94. The summed E-state index contributed by atoms with van der Waals surface area (Å²) in [5.41, 5.74) is 1.15. The van der Waals surface area contributed by atoms with E-state index in [9.17, 15) is 8.42 Å². The minimum atomic E-state index is -3.06. The number of rotatable bonds is 6. The highest BCUT2D eigenvalue weighted by atomic mass is 79.9. The maximum atomic E-state index is 11.8. The normalized spacial score (nSPS) is 15.6. The predicted octanol–water partition coefficient (Wildman–Crippen LogP) is 3.29. The molecule has 0 saturated heterocycles. The van der Waals surface area contributed by atoms with E-state index in [1.165, 1.54) is 6.26 Å². The lowest BCUT2D eigenvalue weighted by molar-refractivity contribution is 0.506. The van der Waals surface area contributed by atoms with Crippen molar-refractivity contribution in [3.63, 3.8) is 0 Å². The Bertz CT molecular complexity index is 477. The second-order valence-corrected chi connectivity index (χ2v) is 9.38. The molecule has 0 radical (unpaired) electrons. The monoisotopic (exact) mass is 353 g/mol. The van der Waals surface area contributed by atoms with Crippen LogP contribution in [0.1, 0.15) is 36.8 Å². The number of hydrogen-bond acceptors (Lipinski definition) is 4. The van der Waals surface area contributed by atoms with Crippen LogP contribution in [0.4, 0.5) is 0 Å². The van der Waals surface area contributed by atoms with Gasteiger partial charge in [-0.3, -0.25) is 0 Å². The summed E-state index contributed by atoms with van der Waals surface area (Å²) in [4.78, 5) is 1.07. The van der Waals surface area contributed by atoms with Gasteiger partial charge < -0.3 is 5.32 Å². The smallest absolute Gasteiger partial charge is 0.151 e. The van der Waals surface area contributed by atoms with E-state index in [0.717, 1.165) is 27.2 Å². The van der Waals surface area contributed by atoms with Crippen LogP contribution in [0.3, 0.4) is 0 Å². The highest BCUT2D eigenvalue weighted by Crippen LogP contribution is 2.34. The fourth-order valence-corrected chi connectivity index (χ4v) is 4.26. The zero-order chi connectivity index (χ0) is 13.9. The lowest BCUT2D eigenvalue weighted by atomic mass is 10.1. The maximum absolute atomic E-state index is 11.8. The molecule has 3 nitrogen and oxygen atoms in total. The molecule has 2 atom stereocenters. The van der Waals surface area contributed by atoms with E-state index < -0.39 is 15.1 Å². The summed E-state index contributed by atoms with van der Waals surface area (Å²) in [6.45, 7) is 6.68. The van der Waals surface area contributed by atoms with E-state index in [1.807, 2.05) is 6.92 Å². The van der Waals surface area contributed by atoms with Gasteiger partial charge in [-0.05, 0) is 54.4 Å². The van der Waals surface area contributed by atoms with Crippen LogP contribution in [-0.2, 0) is 9.84 Å². The van der Waals surface area contributed by atoms with Crippen LogP contribution in [0.2, 0.25) is 0 Å². The van der Waals surface area contributed by atoms with E-state index in [2.05, 4.69) is 34.2 Å². The van der Waals surface area contributed by atoms with E-state index in [0.29, 0.717) is 0 Å². The molecule has 2 unspecified atom stereocenters. The lowest BCUT2D eigenvalue weighted by Crippen LogP contribution is -2.34. The van der Waals surface area contributed by atoms with Crippen LogP contribution in [0.5, 0.6) is 0 Å². The van der Waals surface area contributed by atoms with Crippen molar-refractivity contribution < 1.29 is 8.42 Å². The Kier molecular flexibility index (Phi) is 5.83. The standard InChI is InChI=1S/C12H20BrNO2S2/c1-5-6-14-11(9(3)18(4,15)16)10-7-8(2)12(13)17-10/h7,9,11,14H,5-6H2,1-4H3. The van der Waals surface area contributed by atoms with Crippen molar-refractivity contribution in [2.24, 2.45) is 0 Å². The first-order chi connectivity index (χ1) is 8.27. The maximum Gasteiger partial charge on any atom is 0.151 e. The second-order valence-electron chi connectivity index (χ2n) is 4.57. The topological polar surface area (TPSA) is 46.2 Å². The van der Waals surface area contributed by atoms with Gasteiger partial charge in [0.25, 0.3) is 0 Å². The molecule has 0 amide bonds. The highest BCUT2D eigenvalue weighted by Gasteiger charge is 2.28. The molecule has 0 spiro atoms. The number of nitrogens with one attached hydrogen (secondary N) is 1. The van der Waals surface area contributed by atoms with Crippen molar-refractivity contribution in [3.05, 3.63) is 20.3 Å². The molecule has 18 heavy (non-hydrogen) atoms. The minimum absolute atomic E-state index is 0.130. The average Bonchev–Trinajstić information content (AvgIpc) is 2.58. The van der Waals surface area contributed by atoms with Crippen LogP contribution < -0.4 is 5.32 Å². The summed E-state index contributed by atoms with van der Waals surface area (Å²) >= 11 is 5.10. The Morgan fingerprint density at radius 1 is 1.50 bits per heavy atom. The number of hydrogen-bond donors (Lipinski definition) is 1. The molecule has 1 heterocycles. The van der Waals surface area contributed by atoms with Crippen LogP contribution in [0, 0.1) is 6.92 Å². The lowest BCUT2D eigenvalue weighted by Gasteiger charge is -2.22. The quantitative estimate of drug-likeness (QED) is 0.853. The van der Waals surface area contributed by atoms with Gasteiger partial charge in [-0.1, -0.05) is 6.92 Å². The number of halogens is 1. The first-order valence-corrected chi connectivity index (χ1v) is 9.51. The molecule has 0 fully saturated rings.